The molecule has 0 aliphatic heterocycles. The number of anilines is 1. The van der Waals surface area contributed by atoms with E-state index in [9.17, 15) is 4.79 Å². The number of methoxy groups -OCH3 is 1. The van der Waals surface area contributed by atoms with Gasteiger partial charge in [-0.15, -0.1) is 0 Å². The van der Waals surface area contributed by atoms with Crippen molar-refractivity contribution in [3.8, 4) is 22.8 Å². The van der Waals surface area contributed by atoms with Gasteiger partial charge < -0.3 is 19.7 Å². The van der Waals surface area contributed by atoms with Gasteiger partial charge in [0, 0.05) is 42.6 Å². The Bertz CT molecular complexity index is 1350. The summed E-state index contributed by atoms with van der Waals surface area (Å²) >= 11 is 0. The molecule has 0 fully saturated rings. The summed E-state index contributed by atoms with van der Waals surface area (Å²) in [5.41, 5.74) is 4.00. The van der Waals surface area contributed by atoms with Crippen molar-refractivity contribution >= 4 is 17.1 Å². The molecule has 3 heterocycles. The number of carbonyl (C=O) groups is 1. The fourth-order valence-electron chi connectivity index (χ4n) is 3.61. The lowest BCUT2D eigenvalue weighted by Crippen LogP contribution is -2.20. The number of hydrogen-bond acceptors (Lipinski definition) is 7. The van der Waals surface area contributed by atoms with Crippen LogP contribution in [0.3, 0.4) is 0 Å². The molecule has 0 atom stereocenters. The van der Waals surface area contributed by atoms with Crippen molar-refractivity contribution in [2.24, 2.45) is 0 Å². The molecule has 0 bridgehead atoms. The van der Waals surface area contributed by atoms with E-state index >= 15 is 0 Å². The van der Waals surface area contributed by atoms with Crippen LogP contribution in [-0.4, -0.2) is 64.7 Å². The number of amides is 1. The molecule has 0 unspecified atom stereocenters. The molecular formula is C26H28N6O3. The van der Waals surface area contributed by atoms with Gasteiger partial charge in [-0.1, -0.05) is 12.6 Å². The first-order chi connectivity index (χ1) is 17.0. The third kappa shape index (κ3) is 5.64. The van der Waals surface area contributed by atoms with Crippen molar-refractivity contribution in [1.29, 1.82) is 0 Å². The fourth-order valence-corrected chi connectivity index (χ4v) is 3.61. The predicted octanol–water partition coefficient (Wildman–Crippen LogP) is 3.46. The lowest BCUT2D eigenvalue weighted by Gasteiger charge is -2.17. The smallest absolute Gasteiger partial charge is 0.247 e. The number of pyridine rings is 1. The zero-order chi connectivity index (χ0) is 24.8. The first-order valence-corrected chi connectivity index (χ1v) is 11.1. The van der Waals surface area contributed by atoms with Crippen molar-refractivity contribution in [2.75, 3.05) is 39.7 Å². The molecule has 0 saturated carbocycles. The van der Waals surface area contributed by atoms with E-state index in [2.05, 4.69) is 22.0 Å². The molecule has 9 nitrogen and oxygen atoms in total. The molecule has 3 aromatic heterocycles. The first-order valence-electron chi connectivity index (χ1n) is 11.1. The number of carbonyl (C=O) groups excluding carboxylic acids is 1. The second kappa shape index (κ2) is 10.8. The standard InChI is InChI=1S/C26H28N6O3/c1-5-26(33)30-21-14-18(23(34-4)16-24(21)35-13-12-31(2)3)15-25-27-10-9-20(29-25)19-17-28-32-11-7-6-8-22(19)32/h5-11,14,16-17H,1,12-13,15H2,2-4H3,(H,30,33). The lowest BCUT2D eigenvalue weighted by molar-refractivity contribution is -0.111. The Kier molecular flexibility index (Phi) is 7.37. The molecule has 4 aromatic rings. The number of aromatic nitrogens is 4. The fraction of sp³-hybridized carbons (Fsp3) is 0.231. The quantitative estimate of drug-likeness (QED) is 0.353. The third-order valence-corrected chi connectivity index (χ3v) is 5.38. The topological polar surface area (TPSA) is 93.9 Å². The molecule has 180 valence electrons. The monoisotopic (exact) mass is 472 g/mol. The van der Waals surface area contributed by atoms with Gasteiger partial charge in [0.15, 0.2) is 0 Å². The van der Waals surface area contributed by atoms with E-state index in [0.29, 0.717) is 36.0 Å². The molecule has 1 N–H and O–H groups in total. The molecule has 0 aliphatic rings. The number of ether oxygens (including phenoxy) is 2. The predicted molar refractivity (Wildman–Crippen MR) is 135 cm³/mol. The van der Waals surface area contributed by atoms with E-state index in [4.69, 9.17) is 14.5 Å². The zero-order valence-corrected chi connectivity index (χ0v) is 20.1. The number of likely N-dealkylation sites (N-methyl/N-ethyl adjacent to an activating group) is 1. The van der Waals surface area contributed by atoms with Gasteiger partial charge in [0.1, 0.15) is 23.9 Å². The highest BCUT2D eigenvalue weighted by atomic mass is 16.5. The highest BCUT2D eigenvalue weighted by molar-refractivity contribution is 6.00. The van der Waals surface area contributed by atoms with Crippen LogP contribution in [0.2, 0.25) is 0 Å². The van der Waals surface area contributed by atoms with E-state index in [1.165, 1.54) is 6.08 Å². The van der Waals surface area contributed by atoms with Crippen molar-refractivity contribution in [3.63, 3.8) is 0 Å². The molecule has 35 heavy (non-hydrogen) atoms. The van der Waals surface area contributed by atoms with Crippen molar-refractivity contribution in [2.45, 2.75) is 6.42 Å². The Morgan fingerprint density at radius 2 is 2.09 bits per heavy atom. The molecule has 9 heteroatoms. The van der Waals surface area contributed by atoms with E-state index < -0.39 is 0 Å². The van der Waals surface area contributed by atoms with Crippen LogP contribution in [0.25, 0.3) is 16.8 Å². The number of fused-ring (bicyclic) bond motifs is 1. The maximum Gasteiger partial charge on any atom is 0.247 e. The Hall–Kier alpha value is -4.24. The second-order valence-electron chi connectivity index (χ2n) is 8.13. The second-order valence-corrected chi connectivity index (χ2v) is 8.13. The SMILES string of the molecule is C=CC(=O)Nc1cc(Cc2nccc(-c3cnn4ccccc34)n2)c(OC)cc1OCCN(C)C. The van der Waals surface area contributed by atoms with Gasteiger partial charge in [0.25, 0.3) is 0 Å². The van der Waals surface area contributed by atoms with Gasteiger partial charge in [0.05, 0.1) is 30.2 Å². The van der Waals surface area contributed by atoms with Gasteiger partial charge in [-0.3, -0.25) is 4.79 Å². The number of benzene rings is 1. The average Bonchev–Trinajstić information content (AvgIpc) is 3.29. The molecule has 4 rings (SSSR count). The summed E-state index contributed by atoms with van der Waals surface area (Å²) in [7, 11) is 5.53. The van der Waals surface area contributed by atoms with Gasteiger partial charge in [-0.25, -0.2) is 14.5 Å². The first kappa shape index (κ1) is 23.9. The largest absolute Gasteiger partial charge is 0.496 e. The summed E-state index contributed by atoms with van der Waals surface area (Å²) in [4.78, 5) is 23.3. The lowest BCUT2D eigenvalue weighted by atomic mass is 10.1. The van der Waals surface area contributed by atoms with E-state index in [0.717, 1.165) is 28.9 Å². The van der Waals surface area contributed by atoms with Crippen molar-refractivity contribution in [1.82, 2.24) is 24.5 Å². The Morgan fingerprint density at radius 1 is 1.23 bits per heavy atom. The Balaban J connectivity index is 1.66. The van der Waals surface area contributed by atoms with E-state index in [-0.39, 0.29) is 5.91 Å². The number of nitrogens with one attached hydrogen (secondary N) is 1. The van der Waals surface area contributed by atoms with Gasteiger partial charge in [0.2, 0.25) is 5.91 Å². The molecule has 0 aliphatic carbocycles. The molecule has 0 saturated heterocycles. The minimum absolute atomic E-state index is 0.329. The molecular weight excluding hydrogens is 444 g/mol. The molecule has 0 spiro atoms. The van der Waals surface area contributed by atoms with Crippen LogP contribution in [0.1, 0.15) is 11.4 Å². The maximum atomic E-state index is 12.1. The van der Waals surface area contributed by atoms with Crippen LogP contribution in [0.4, 0.5) is 5.69 Å². The minimum Gasteiger partial charge on any atom is -0.496 e. The van der Waals surface area contributed by atoms with E-state index in [1.54, 1.807) is 25.6 Å². The van der Waals surface area contributed by atoms with Gasteiger partial charge >= 0.3 is 0 Å². The number of nitrogens with zero attached hydrogens (tertiary/aromatic N) is 5. The van der Waals surface area contributed by atoms with Crippen molar-refractivity contribution in [3.05, 3.63) is 79.0 Å². The number of hydrogen-bond donors (Lipinski definition) is 1. The Morgan fingerprint density at radius 3 is 2.86 bits per heavy atom. The van der Waals surface area contributed by atoms with Gasteiger partial charge in [-0.05, 0) is 44.4 Å². The van der Waals surface area contributed by atoms with Crippen LogP contribution in [0, 0.1) is 0 Å². The molecule has 1 aromatic carbocycles. The van der Waals surface area contributed by atoms with Gasteiger partial charge in [-0.2, -0.15) is 5.10 Å². The Labute approximate surface area is 204 Å². The zero-order valence-electron chi connectivity index (χ0n) is 20.1. The van der Waals surface area contributed by atoms with Crippen LogP contribution in [-0.2, 0) is 11.2 Å². The summed E-state index contributed by atoms with van der Waals surface area (Å²) in [5, 5.41) is 7.23. The van der Waals surface area contributed by atoms with Crippen LogP contribution in [0.5, 0.6) is 11.5 Å². The van der Waals surface area contributed by atoms with Crippen LogP contribution in [0.15, 0.2) is 67.6 Å². The normalized spacial score (nSPS) is 11.0. The highest BCUT2D eigenvalue weighted by Crippen LogP contribution is 2.34. The summed E-state index contributed by atoms with van der Waals surface area (Å²) in [6.45, 7) is 4.72. The van der Waals surface area contributed by atoms with Crippen LogP contribution < -0.4 is 14.8 Å². The highest BCUT2D eigenvalue weighted by Gasteiger charge is 2.16. The minimum atomic E-state index is -0.329. The van der Waals surface area contributed by atoms with Crippen LogP contribution >= 0.6 is 0 Å². The van der Waals surface area contributed by atoms with Crippen molar-refractivity contribution < 1.29 is 14.3 Å². The summed E-state index contributed by atoms with van der Waals surface area (Å²) in [6, 6.07) is 11.4. The molecule has 1 amide bonds. The number of rotatable bonds is 10. The summed E-state index contributed by atoms with van der Waals surface area (Å²) in [6.07, 6.45) is 7.04. The summed E-state index contributed by atoms with van der Waals surface area (Å²) in [5.74, 6) is 1.42. The van der Waals surface area contributed by atoms with E-state index in [1.807, 2.05) is 60.0 Å². The molecule has 0 radical (unpaired) electrons. The third-order valence-electron chi connectivity index (χ3n) is 5.38. The maximum absolute atomic E-state index is 12.1. The average molecular weight is 473 g/mol. The summed E-state index contributed by atoms with van der Waals surface area (Å²) < 4.78 is 13.4.